The summed E-state index contributed by atoms with van der Waals surface area (Å²) in [5.74, 6) is -2.41. The Morgan fingerprint density at radius 3 is 2.29 bits per heavy atom. The van der Waals surface area contributed by atoms with E-state index in [1.54, 1.807) is 55.6 Å². The van der Waals surface area contributed by atoms with E-state index in [0.29, 0.717) is 29.0 Å². The van der Waals surface area contributed by atoms with Gasteiger partial charge in [0.2, 0.25) is 0 Å². The van der Waals surface area contributed by atoms with Gasteiger partial charge >= 0.3 is 5.91 Å². The Hall–Kier alpha value is -4.31. The third kappa shape index (κ3) is 4.95. The van der Waals surface area contributed by atoms with Crippen molar-refractivity contribution >= 4 is 21.5 Å². The molecule has 0 saturated heterocycles. The standard InChI is InChI=1S/C28H22F2N2O5S/c1-36-21-13-11-20(12-14-21)25-16-24(31-32(25)28(33)26-6-3-15-37-26)19-9-7-18(8-10-19)17-38(34,35)27-22(29)4-2-5-23(27)30/h2-15,25H,16-17H2,1H3. The molecule has 1 atom stereocenters. The zero-order valence-electron chi connectivity index (χ0n) is 20.2. The molecule has 1 aliphatic rings. The van der Waals surface area contributed by atoms with Crippen LogP contribution in [0.5, 0.6) is 5.75 Å². The highest BCUT2D eigenvalue weighted by Gasteiger charge is 2.35. The van der Waals surface area contributed by atoms with Crippen LogP contribution in [0, 0.1) is 11.6 Å². The quantitative estimate of drug-likeness (QED) is 0.310. The van der Waals surface area contributed by atoms with E-state index in [0.717, 1.165) is 23.8 Å². The molecule has 3 aromatic carbocycles. The van der Waals surface area contributed by atoms with Crippen LogP contribution in [0.3, 0.4) is 0 Å². The number of hydrogen-bond donors (Lipinski definition) is 0. The van der Waals surface area contributed by atoms with E-state index in [1.807, 2.05) is 12.1 Å². The van der Waals surface area contributed by atoms with Gasteiger partial charge in [0.1, 0.15) is 22.3 Å². The Morgan fingerprint density at radius 1 is 1.00 bits per heavy atom. The minimum absolute atomic E-state index is 0.148. The number of ether oxygens (including phenoxy) is 1. The molecule has 0 aliphatic carbocycles. The lowest BCUT2D eigenvalue weighted by molar-refractivity contribution is 0.0678. The number of methoxy groups -OCH3 is 1. The third-order valence-corrected chi connectivity index (χ3v) is 7.95. The van der Waals surface area contributed by atoms with Gasteiger partial charge in [0, 0.05) is 6.42 Å². The van der Waals surface area contributed by atoms with Gasteiger partial charge in [0.05, 0.1) is 30.9 Å². The Morgan fingerprint density at radius 2 is 1.68 bits per heavy atom. The molecule has 0 fully saturated rings. The molecule has 1 amide bonds. The topological polar surface area (TPSA) is 89.2 Å². The van der Waals surface area contributed by atoms with E-state index >= 15 is 0 Å². The van der Waals surface area contributed by atoms with E-state index in [4.69, 9.17) is 9.15 Å². The Bertz CT molecular complexity index is 1580. The first-order valence-electron chi connectivity index (χ1n) is 11.6. The molecule has 0 N–H and O–H groups in total. The molecule has 5 rings (SSSR count). The predicted octanol–water partition coefficient (Wildman–Crippen LogP) is 5.53. The summed E-state index contributed by atoms with van der Waals surface area (Å²) in [6.45, 7) is 0. The van der Waals surface area contributed by atoms with Crippen molar-refractivity contribution in [2.75, 3.05) is 7.11 Å². The summed E-state index contributed by atoms with van der Waals surface area (Å²) < 4.78 is 64.0. The number of hydrogen-bond acceptors (Lipinski definition) is 6. The SMILES string of the molecule is COc1ccc(C2CC(c3ccc(CS(=O)(=O)c4c(F)cccc4F)cc3)=NN2C(=O)c2ccco2)cc1. The van der Waals surface area contributed by atoms with E-state index in [-0.39, 0.29) is 5.76 Å². The maximum absolute atomic E-state index is 14.1. The van der Waals surface area contributed by atoms with Crippen LogP contribution in [-0.2, 0) is 15.6 Å². The first-order valence-corrected chi connectivity index (χ1v) is 13.3. The van der Waals surface area contributed by atoms with E-state index in [9.17, 15) is 22.0 Å². The van der Waals surface area contributed by atoms with Crippen LogP contribution >= 0.6 is 0 Å². The summed E-state index contributed by atoms with van der Waals surface area (Å²) >= 11 is 0. The van der Waals surface area contributed by atoms with Crippen molar-refractivity contribution in [1.82, 2.24) is 5.01 Å². The highest BCUT2D eigenvalue weighted by Crippen LogP contribution is 2.35. The molecular formula is C28H22F2N2O5S. The summed E-state index contributed by atoms with van der Waals surface area (Å²) in [6.07, 6.45) is 1.81. The lowest BCUT2D eigenvalue weighted by atomic mass is 9.98. The van der Waals surface area contributed by atoms with Crippen LogP contribution in [0.2, 0.25) is 0 Å². The number of benzene rings is 3. The van der Waals surface area contributed by atoms with E-state index in [1.165, 1.54) is 11.3 Å². The summed E-state index contributed by atoms with van der Waals surface area (Å²) in [5, 5.41) is 5.95. The average molecular weight is 537 g/mol. The van der Waals surface area contributed by atoms with Gasteiger partial charge in [0.25, 0.3) is 0 Å². The fraction of sp³-hybridized carbons (Fsp3) is 0.143. The summed E-state index contributed by atoms with van der Waals surface area (Å²) in [6, 6.07) is 19.5. The number of sulfone groups is 1. The van der Waals surface area contributed by atoms with Crippen molar-refractivity contribution in [3.05, 3.63) is 119 Å². The van der Waals surface area contributed by atoms with Crippen molar-refractivity contribution in [2.45, 2.75) is 23.1 Å². The molecule has 1 unspecified atom stereocenters. The minimum atomic E-state index is -4.26. The van der Waals surface area contributed by atoms with Crippen molar-refractivity contribution < 1.29 is 31.1 Å². The summed E-state index contributed by atoms with van der Waals surface area (Å²) in [5.41, 5.74) is 2.49. The van der Waals surface area contributed by atoms with Gasteiger partial charge in [-0.25, -0.2) is 22.2 Å². The minimum Gasteiger partial charge on any atom is -0.497 e. The van der Waals surface area contributed by atoms with Crippen LogP contribution in [0.4, 0.5) is 8.78 Å². The number of rotatable bonds is 7. The molecule has 38 heavy (non-hydrogen) atoms. The van der Waals surface area contributed by atoms with Gasteiger partial charge in [-0.2, -0.15) is 5.10 Å². The zero-order chi connectivity index (χ0) is 26.9. The lowest BCUT2D eigenvalue weighted by Crippen LogP contribution is -2.26. The van der Waals surface area contributed by atoms with E-state index in [2.05, 4.69) is 5.10 Å². The molecule has 4 aromatic rings. The van der Waals surface area contributed by atoms with Crippen LogP contribution < -0.4 is 4.74 Å². The maximum atomic E-state index is 14.1. The molecule has 10 heteroatoms. The molecule has 1 aromatic heterocycles. The fourth-order valence-electron chi connectivity index (χ4n) is 4.34. The first-order chi connectivity index (χ1) is 18.3. The Labute approximate surface area is 217 Å². The molecule has 7 nitrogen and oxygen atoms in total. The second-order valence-electron chi connectivity index (χ2n) is 8.67. The molecule has 0 bridgehead atoms. The molecule has 194 valence electrons. The van der Waals surface area contributed by atoms with Gasteiger partial charge in [-0.15, -0.1) is 0 Å². The summed E-state index contributed by atoms with van der Waals surface area (Å²) in [4.78, 5) is 12.2. The summed E-state index contributed by atoms with van der Waals surface area (Å²) in [7, 11) is -2.69. The predicted molar refractivity (Wildman–Crippen MR) is 135 cm³/mol. The Balaban J connectivity index is 1.41. The van der Waals surface area contributed by atoms with Crippen LogP contribution in [-0.4, -0.2) is 32.2 Å². The van der Waals surface area contributed by atoms with Gasteiger partial charge < -0.3 is 9.15 Å². The second kappa shape index (κ2) is 10.2. The molecule has 0 radical (unpaired) electrons. The Kier molecular flexibility index (Phi) is 6.81. The molecule has 0 spiro atoms. The van der Waals surface area contributed by atoms with Gasteiger partial charge in [-0.3, -0.25) is 4.79 Å². The maximum Gasteiger partial charge on any atom is 0.310 e. The molecular weight excluding hydrogens is 514 g/mol. The van der Waals surface area contributed by atoms with Crippen LogP contribution in [0.1, 0.15) is 39.7 Å². The highest BCUT2D eigenvalue weighted by atomic mass is 32.2. The largest absolute Gasteiger partial charge is 0.497 e. The highest BCUT2D eigenvalue weighted by molar-refractivity contribution is 7.90. The lowest BCUT2D eigenvalue weighted by Gasteiger charge is -2.21. The van der Waals surface area contributed by atoms with Crippen molar-refractivity contribution in [3.8, 4) is 5.75 Å². The van der Waals surface area contributed by atoms with Crippen molar-refractivity contribution in [2.24, 2.45) is 5.10 Å². The van der Waals surface area contributed by atoms with Crippen molar-refractivity contribution in [3.63, 3.8) is 0 Å². The fourth-order valence-corrected chi connectivity index (χ4v) is 5.84. The number of hydrazone groups is 1. The third-order valence-electron chi connectivity index (χ3n) is 6.22. The van der Waals surface area contributed by atoms with Gasteiger partial charge in [-0.05, 0) is 53.1 Å². The second-order valence-corrected chi connectivity index (χ2v) is 10.6. The van der Waals surface area contributed by atoms with Gasteiger partial charge in [0.15, 0.2) is 15.6 Å². The zero-order valence-corrected chi connectivity index (χ0v) is 21.0. The normalized spacial score (nSPS) is 15.4. The number of furan rings is 1. The monoisotopic (exact) mass is 536 g/mol. The van der Waals surface area contributed by atoms with E-state index < -0.39 is 44.1 Å². The molecule has 0 saturated carbocycles. The smallest absolute Gasteiger partial charge is 0.310 e. The number of nitrogens with zero attached hydrogens (tertiary/aromatic N) is 2. The molecule has 1 aliphatic heterocycles. The van der Waals surface area contributed by atoms with Gasteiger partial charge in [-0.1, -0.05) is 42.5 Å². The number of carbonyl (C=O) groups excluding carboxylic acids is 1. The first kappa shape index (κ1) is 25.3. The van der Waals surface area contributed by atoms with Crippen molar-refractivity contribution in [1.29, 1.82) is 0 Å². The van der Waals surface area contributed by atoms with Crippen LogP contribution in [0.25, 0.3) is 0 Å². The number of halogens is 2. The number of amides is 1. The van der Waals surface area contributed by atoms with Crippen LogP contribution in [0.15, 0.2) is 99.5 Å². The number of carbonyl (C=O) groups is 1. The average Bonchev–Trinajstić information content (AvgIpc) is 3.59. The molecule has 2 heterocycles.